The standard InChI is InChI=1S/C10H10N2/c1-2-8(7-4-5-7)9-6-11-12-10(9)3-1/h1-3,6-7H,4-5H2,(H,11,12). The summed E-state index contributed by atoms with van der Waals surface area (Å²) in [6.45, 7) is 0. The number of aromatic amines is 1. The third kappa shape index (κ3) is 0.779. The van der Waals surface area contributed by atoms with Crippen LogP contribution in [0.4, 0.5) is 0 Å². The molecule has 0 bridgehead atoms. The molecule has 2 nitrogen and oxygen atoms in total. The largest absolute Gasteiger partial charge is 0.278 e. The third-order valence-electron chi connectivity index (χ3n) is 2.54. The van der Waals surface area contributed by atoms with E-state index in [1.54, 1.807) is 0 Å². The zero-order valence-corrected chi connectivity index (χ0v) is 6.75. The molecule has 0 radical (unpaired) electrons. The van der Waals surface area contributed by atoms with Crippen LogP contribution in [0.2, 0.25) is 0 Å². The van der Waals surface area contributed by atoms with Gasteiger partial charge in [0.1, 0.15) is 0 Å². The van der Waals surface area contributed by atoms with Crippen LogP contribution in [-0.2, 0) is 0 Å². The van der Waals surface area contributed by atoms with Crippen molar-refractivity contribution in [1.82, 2.24) is 10.2 Å². The van der Waals surface area contributed by atoms with Crippen molar-refractivity contribution in [2.75, 3.05) is 0 Å². The van der Waals surface area contributed by atoms with E-state index in [0.717, 1.165) is 5.92 Å². The smallest absolute Gasteiger partial charge is 0.0653 e. The Kier molecular flexibility index (Phi) is 1.09. The molecule has 1 aliphatic rings. The van der Waals surface area contributed by atoms with Gasteiger partial charge in [-0.15, -0.1) is 0 Å². The molecule has 0 amide bonds. The molecule has 0 saturated heterocycles. The zero-order valence-electron chi connectivity index (χ0n) is 6.75. The minimum atomic E-state index is 0.811. The summed E-state index contributed by atoms with van der Waals surface area (Å²) in [5, 5.41) is 8.35. The van der Waals surface area contributed by atoms with Gasteiger partial charge in [-0.3, -0.25) is 5.10 Å². The molecule has 1 heterocycles. The van der Waals surface area contributed by atoms with E-state index >= 15 is 0 Å². The Morgan fingerprint density at radius 1 is 1.33 bits per heavy atom. The monoisotopic (exact) mass is 158 g/mol. The van der Waals surface area contributed by atoms with Crippen LogP contribution in [-0.4, -0.2) is 10.2 Å². The van der Waals surface area contributed by atoms with Crippen molar-refractivity contribution < 1.29 is 0 Å². The van der Waals surface area contributed by atoms with Gasteiger partial charge in [-0.05, 0) is 30.4 Å². The molecule has 0 atom stereocenters. The number of hydrogen-bond acceptors (Lipinski definition) is 1. The number of nitrogens with zero attached hydrogens (tertiary/aromatic N) is 1. The van der Waals surface area contributed by atoms with Gasteiger partial charge in [0.15, 0.2) is 0 Å². The molecule has 0 aliphatic heterocycles. The van der Waals surface area contributed by atoms with E-state index in [1.165, 1.54) is 29.3 Å². The first-order valence-corrected chi connectivity index (χ1v) is 4.37. The Labute approximate surface area is 70.6 Å². The van der Waals surface area contributed by atoms with Gasteiger partial charge < -0.3 is 0 Å². The summed E-state index contributed by atoms with van der Waals surface area (Å²) in [4.78, 5) is 0. The van der Waals surface area contributed by atoms with Gasteiger partial charge in [0, 0.05) is 5.39 Å². The predicted octanol–water partition coefficient (Wildman–Crippen LogP) is 2.44. The van der Waals surface area contributed by atoms with Crippen LogP contribution in [0.5, 0.6) is 0 Å². The van der Waals surface area contributed by atoms with E-state index in [-0.39, 0.29) is 0 Å². The van der Waals surface area contributed by atoms with Crippen molar-refractivity contribution >= 4 is 10.9 Å². The first-order chi connectivity index (χ1) is 5.95. The molecule has 12 heavy (non-hydrogen) atoms. The van der Waals surface area contributed by atoms with E-state index in [2.05, 4.69) is 28.4 Å². The van der Waals surface area contributed by atoms with Crippen molar-refractivity contribution in [3.8, 4) is 0 Å². The number of rotatable bonds is 1. The van der Waals surface area contributed by atoms with Gasteiger partial charge in [0.2, 0.25) is 0 Å². The number of nitrogens with one attached hydrogen (secondary N) is 1. The molecule has 3 rings (SSSR count). The van der Waals surface area contributed by atoms with Crippen LogP contribution < -0.4 is 0 Å². The van der Waals surface area contributed by atoms with E-state index in [4.69, 9.17) is 0 Å². The highest BCUT2D eigenvalue weighted by atomic mass is 15.1. The highest BCUT2D eigenvalue weighted by Crippen LogP contribution is 2.42. The van der Waals surface area contributed by atoms with Gasteiger partial charge in [-0.2, -0.15) is 5.10 Å². The predicted molar refractivity (Wildman–Crippen MR) is 48.1 cm³/mol. The summed E-state index contributed by atoms with van der Waals surface area (Å²) in [7, 11) is 0. The summed E-state index contributed by atoms with van der Waals surface area (Å²) in [6.07, 6.45) is 4.64. The molecule has 60 valence electrons. The maximum atomic E-state index is 4.05. The number of aromatic nitrogens is 2. The third-order valence-corrected chi connectivity index (χ3v) is 2.54. The van der Waals surface area contributed by atoms with Crippen LogP contribution in [0.3, 0.4) is 0 Å². The van der Waals surface area contributed by atoms with E-state index in [9.17, 15) is 0 Å². The quantitative estimate of drug-likeness (QED) is 0.678. The lowest BCUT2D eigenvalue weighted by Gasteiger charge is -1.97. The average molecular weight is 158 g/mol. The Bertz CT molecular complexity index is 412. The molecule has 0 spiro atoms. The molecule has 1 aromatic carbocycles. The number of H-pyrrole nitrogens is 1. The van der Waals surface area contributed by atoms with Crippen molar-refractivity contribution in [2.24, 2.45) is 0 Å². The fourth-order valence-electron chi connectivity index (χ4n) is 1.74. The second-order valence-electron chi connectivity index (χ2n) is 3.45. The first kappa shape index (κ1) is 6.23. The van der Waals surface area contributed by atoms with Crippen LogP contribution in [0.15, 0.2) is 24.4 Å². The summed E-state index contributed by atoms with van der Waals surface area (Å²) in [5.41, 5.74) is 2.64. The van der Waals surface area contributed by atoms with Gasteiger partial charge in [0.25, 0.3) is 0 Å². The molecular weight excluding hydrogens is 148 g/mol. The SMILES string of the molecule is c1cc(C2CC2)c2cn[nH]c2c1. The van der Waals surface area contributed by atoms with Gasteiger partial charge in [0.05, 0.1) is 11.7 Å². The molecule has 1 aromatic heterocycles. The first-order valence-electron chi connectivity index (χ1n) is 4.37. The highest BCUT2D eigenvalue weighted by molar-refractivity contribution is 5.82. The Hall–Kier alpha value is -1.31. The molecule has 2 aromatic rings. The summed E-state index contributed by atoms with van der Waals surface area (Å²) < 4.78 is 0. The number of hydrogen-bond donors (Lipinski definition) is 1. The van der Waals surface area contributed by atoms with Crippen LogP contribution in [0.1, 0.15) is 24.3 Å². The van der Waals surface area contributed by atoms with Crippen molar-refractivity contribution in [3.05, 3.63) is 30.0 Å². The minimum absolute atomic E-state index is 0.811. The zero-order chi connectivity index (χ0) is 7.97. The molecule has 1 saturated carbocycles. The van der Waals surface area contributed by atoms with E-state index in [1.807, 2.05) is 6.20 Å². The Balaban J connectivity index is 2.32. The topological polar surface area (TPSA) is 28.7 Å². The second-order valence-corrected chi connectivity index (χ2v) is 3.45. The van der Waals surface area contributed by atoms with Gasteiger partial charge in [-0.1, -0.05) is 12.1 Å². The summed E-state index contributed by atoms with van der Waals surface area (Å²) >= 11 is 0. The molecular formula is C10H10N2. The number of fused-ring (bicyclic) bond motifs is 1. The fourth-order valence-corrected chi connectivity index (χ4v) is 1.74. The Morgan fingerprint density at radius 3 is 3.08 bits per heavy atom. The minimum Gasteiger partial charge on any atom is -0.278 e. The molecule has 1 N–H and O–H groups in total. The summed E-state index contributed by atoms with van der Waals surface area (Å²) in [5.74, 6) is 0.811. The second kappa shape index (κ2) is 2.09. The number of benzene rings is 1. The molecule has 1 aliphatic carbocycles. The van der Waals surface area contributed by atoms with Gasteiger partial charge in [-0.25, -0.2) is 0 Å². The van der Waals surface area contributed by atoms with Crippen LogP contribution in [0, 0.1) is 0 Å². The van der Waals surface area contributed by atoms with E-state index < -0.39 is 0 Å². The average Bonchev–Trinajstić information content (AvgIpc) is 2.82. The molecule has 2 heteroatoms. The highest BCUT2D eigenvalue weighted by Gasteiger charge is 2.25. The lowest BCUT2D eigenvalue weighted by atomic mass is 10.1. The fraction of sp³-hybridized carbons (Fsp3) is 0.300. The normalized spacial score (nSPS) is 17.0. The van der Waals surface area contributed by atoms with Crippen LogP contribution in [0.25, 0.3) is 10.9 Å². The van der Waals surface area contributed by atoms with E-state index in [0.29, 0.717) is 0 Å². The van der Waals surface area contributed by atoms with Crippen molar-refractivity contribution in [3.63, 3.8) is 0 Å². The van der Waals surface area contributed by atoms with Crippen molar-refractivity contribution in [2.45, 2.75) is 18.8 Å². The molecule has 0 unspecified atom stereocenters. The molecule has 1 fully saturated rings. The maximum Gasteiger partial charge on any atom is 0.0653 e. The maximum absolute atomic E-state index is 4.05. The Morgan fingerprint density at radius 2 is 2.25 bits per heavy atom. The van der Waals surface area contributed by atoms with Gasteiger partial charge >= 0.3 is 0 Å². The lowest BCUT2D eigenvalue weighted by Crippen LogP contribution is -1.78. The lowest BCUT2D eigenvalue weighted by molar-refractivity contribution is 1.12. The van der Waals surface area contributed by atoms with Crippen molar-refractivity contribution in [1.29, 1.82) is 0 Å². The van der Waals surface area contributed by atoms with Crippen LogP contribution >= 0.6 is 0 Å². The summed E-state index contributed by atoms with van der Waals surface area (Å²) in [6, 6.07) is 6.40.